The van der Waals surface area contributed by atoms with Crippen LogP contribution < -0.4 is 0 Å². The zero-order valence-electron chi connectivity index (χ0n) is 7.84. The van der Waals surface area contributed by atoms with E-state index in [2.05, 4.69) is 10.0 Å². The topological polar surface area (TPSA) is 89.2 Å². The van der Waals surface area contributed by atoms with Crippen LogP contribution in [0.5, 0.6) is 0 Å². The molecule has 0 saturated carbocycles. The normalized spacial score (nSPS) is 14.1. The van der Waals surface area contributed by atoms with Crippen LogP contribution in [0.4, 0.5) is 0 Å². The highest BCUT2D eigenvalue weighted by molar-refractivity contribution is 6.30. The number of nitrogens with zero attached hydrogens (tertiary/aromatic N) is 3. The number of hydrogen-bond acceptors (Lipinski definition) is 3. The molecule has 1 rings (SSSR count). The van der Waals surface area contributed by atoms with Gasteiger partial charge in [-0.2, -0.15) is 0 Å². The van der Waals surface area contributed by atoms with E-state index in [0.29, 0.717) is 10.6 Å². The van der Waals surface area contributed by atoms with Gasteiger partial charge in [-0.25, -0.2) is 0 Å². The molecule has 15 heavy (non-hydrogen) atoms. The van der Waals surface area contributed by atoms with E-state index in [1.165, 1.54) is 0 Å². The molecule has 0 fully saturated rings. The second kappa shape index (κ2) is 5.00. The van der Waals surface area contributed by atoms with E-state index >= 15 is 0 Å². The summed E-state index contributed by atoms with van der Waals surface area (Å²) in [5, 5.41) is 22.8. The monoisotopic (exact) mass is 227 g/mol. The Morgan fingerprint density at radius 2 is 2.00 bits per heavy atom. The SMILES string of the molecule is [N-]=[N+]=NC[C@](O)(CO)c1ccc(Cl)cc1. The first-order chi connectivity index (χ1) is 7.12. The molecule has 0 unspecified atom stereocenters. The molecule has 0 heterocycles. The molecule has 0 spiro atoms. The molecule has 1 aromatic carbocycles. The van der Waals surface area contributed by atoms with Crippen molar-refractivity contribution in [2.24, 2.45) is 5.11 Å². The number of aliphatic hydroxyl groups excluding tert-OH is 1. The zero-order chi connectivity index (χ0) is 11.3. The second-order valence-corrected chi connectivity index (χ2v) is 3.52. The lowest BCUT2D eigenvalue weighted by Gasteiger charge is -2.24. The summed E-state index contributed by atoms with van der Waals surface area (Å²) in [6, 6.07) is 6.33. The highest BCUT2D eigenvalue weighted by Crippen LogP contribution is 2.22. The van der Waals surface area contributed by atoms with Crippen LogP contribution in [0.2, 0.25) is 5.02 Å². The fourth-order valence-electron chi connectivity index (χ4n) is 1.14. The van der Waals surface area contributed by atoms with E-state index in [9.17, 15) is 5.11 Å². The van der Waals surface area contributed by atoms with Crippen LogP contribution in [0.15, 0.2) is 29.4 Å². The minimum Gasteiger partial charge on any atom is -0.393 e. The van der Waals surface area contributed by atoms with E-state index in [-0.39, 0.29) is 6.54 Å². The molecule has 80 valence electrons. The van der Waals surface area contributed by atoms with Gasteiger partial charge >= 0.3 is 0 Å². The van der Waals surface area contributed by atoms with E-state index in [1.54, 1.807) is 24.3 Å². The quantitative estimate of drug-likeness (QED) is 0.467. The Bertz CT molecular complexity index is 375. The fraction of sp³-hybridized carbons (Fsp3) is 0.333. The summed E-state index contributed by atoms with van der Waals surface area (Å²) in [5.74, 6) is 0. The van der Waals surface area contributed by atoms with Crippen LogP contribution in [0.25, 0.3) is 10.4 Å². The molecular weight excluding hydrogens is 218 g/mol. The summed E-state index contributed by atoms with van der Waals surface area (Å²) in [4.78, 5) is 2.54. The van der Waals surface area contributed by atoms with Crippen molar-refractivity contribution in [1.82, 2.24) is 0 Å². The lowest BCUT2D eigenvalue weighted by Crippen LogP contribution is -2.33. The largest absolute Gasteiger partial charge is 0.393 e. The third-order valence-corrected chi connectivity index (χ3v) is 2.29. The molecule has 0 aromatic heterocycles. The first-order valence-corrected chi connectivity index (χ1v) is 4.60. The molecular formula is C9H10ClN3O2. The lowest BCUT2D eigenvalue weighted by molar-refractivity contribution is -0.0109. The summed E-state index contributed by atoms with van der Waals surface area (Å²) in [6.45, 7) is -0.741. The second-order valence-electron chi connectivity index (χ2n) is 3.09. The van der Waals surface area contributed by atoms with Gasteiger partial charge in [-0.15, -0.1) is 0 Å². The summed E-state index contributed by atoms with van der Waals surface area (Å²) in [6.07, 6.45) is 0. The van der Waals surface area contributed by atoms with Gasteiger partial charge in [0.05, 0.1) is 13.2 Å². The van der Waals surface area contributed by atoms with Crippen LogP contribution in [0.3, 0.4) is 0 Å². The Hall–Kier alpha value is -1.26. The number of hydrogen-bond donors (Lipinski definition) is 2. The van der Waals surface area contributed by atoms with Crippen molar-refractivity contribution >= 4 is 11.6 Å². The van der Waals surface area contributed by atoms with Gasteiger partial charge < -0.3 is 10.2 Å². The molecule has 0 aliphatic heterocycles. The maximum absolute atomic E-state index is 9.96. The highest BCUT2D eigenvalue weighted by atomic mass is 35.5. The molecule has 0 aliphatic rings. The highest BCUT2D eigenvalue weighted by Gasteiger charge is 2.27. The molecule has 6 heteroatoms. The van der Waals surface area contributed by atoms with Gasteiger partial charge in [-0.1, -0.05) is 28.8 Å². The average molecular weight is 228 g/mol. The first-order valence-electron chi connectivity index (χ1n) is 4.22. The smallest absolute Gasteiger partial charge is 0.118 e. The van der Waals surface area contributed by atoms with Crippen molar-refractivity contribution in [3.63, 3.8) is 0 Å². The number of benzene rings is 1. The molecule has 2 N–H and O–H groups in total. The van der Waals surface area contributed by atoms with Gasteiger partial charge in [-0.05, 0) is 23.2 Å². The summed E-state index contributed by atoms with van der Waals surface area (Å²) in [5.41, 5.74) is 7.08. The van der Waals surface area contributed by atoms with Crippen molar-refractivity contribution in [3.8, 4) is 0 Å². The third kappa shape index (κ3) is 2.84. The van der Waals surface area contributed by atoms with Crippen molar-refractivity contribution in [1.29, 1.82) is 0 Å². The average Bonchev–Trinajstić information content (AvgIpc) is 2.27. The number of rotatable bonds is 4. The van der Waals surface area contributed by atoms with Gasteiger partial charge in [0.1, 0.15) is 5.60 Å². The van der Waals surface area contributed by atoms with E-state index in [1.807, 2.05) is 0 Å². The van der Waals surface area contributed by atoms with Gasteiger partial charge in [-0.3, -0.25) is 0 Å². The van der Waals surface area contributed by atoms with Gasteiger partial charge in [0, 0.05) is 9.93 Å². The van der Waals surface area contributed by atoms with Crippen molar-refractivity contribution in [2.75, 3.05) is 13.2 Å². The lowest BCUT2D eigenvalue weighted by atomic mass is 9.95. The van der Waals surface area contributed by atoms with Crippen LogP contribution >= 0.6 is 11.6 Å². The predicted octanol–water partition coefficient (Wildman–Crippen LogP) is 1.83. The minimum absolute atomic E-state index is 0.221. The third-order valence-electron chi connectivity index (χ3n) is 2.04. The molecule has 0 radical (unpaired) electrons. The van der Waals surface area contributed by atoms with Gasteiger partial charge in [0.25, 0.3) is 0 Å². The first kappa shape index (κ1) is 11.8. The van der Waals surface area contributed by atoms with Crippen LogP contribution in [0.1, 0.15) is 5.56 Å². The maximum Gasteiger partial charge on any atom is 0.118 e. The van der Waals surface area contributed by atoms with Crippen molar-refractivity contribution in [3.05, 3.63) is 45.3 Å². The molecule has 0 amide bonds. The Morgan fingerprint density at radius 1 is 1.40 bits per heavy atom. The number of azide groups is 1. The molecule has 0 bridgehead atoms. The minimum atomic E-state index is -1.54. The Balaban J connectivity index is 2.99. The molecule has 0 saturated heterocycles. The van der Waals surface area contributed by atoms with Crippen LogP contribution in [-0.2, 0) is 5.60 Å². The van der Waals surface area contributed by atoms with E-state index in [4.69, 9.17) is 22.2 Å². The van der Waals surface area contributed by atoms with Gasteiger partial charge in [0.15, 0.2) is 0 Å². The summed E-state index contributed by atoms with van der Waals surface area (Å²) in [7, 11) is 0. The van der Waals surface area contributed by atoms with E-state index in [0.717, 1.165) is 0 Å². The molecule has 1 atom stereocenters. The van der Waals surface area contributed by atoms with E-state index < -0.39 is 12.2 Å². The Morgan fingerprint density at radius 3 is 2.47 bits per heavy atom. The zero-order valence-corrected chi connectivity index (χ0v) is 8.59. The number of aliphatic hydroxyl groups is 2. The number of halogens is 1. The Kier molecular flexibility index (Phi) is 3.94. The standard InChI is InChI=1S/C9H10ClN3O2/c10-8-3-1-7(2-4-8)9(15,6-14)5-12-13-11/h1-4,14-15H,5-6H2/t9-/m0/s1. The van der Waals surface area contributed by atoms with Crippen molar-refractivity contribution in [2.45, 2.75) is 5.60 Å². The van der Waals surface area contributed by atoms with Gasteiger partial charge in [0.2, 0.25) is 0 Å². The fourth-order valence-corrected chi connectivity index (χ4v) is 1.27. The van der Waals surface area contributed by atoms with Crippen LogP contribution in [-0.4, -0.2) is 23.4 Å². The molecule has 0 aliphatic carbocycles. The molecule has 1 aromatic rings. The Labute approximate surface area is 91.6 Å². The predicted molar refractivity (Wildman–Crippen MR) is 56.4 cm³/mol. The molecule has 5 nitrogen and oxygen atoms in total. The van der Waals surface area contributed by atoms with Crippen molar-refractivity contribution < 1.29 is 10.2 Å². The van der Waals surface area contributed by atoms with Crippen LogP contribution in [0, 0.1) is 0 Å². The maximum atomic E-state index is 9.96. The summed E-state index contributed by atoms with van der Waals surface area (Å²) >= 11 is 5.68. The summed E-state index contributed by atoms with van der Waals surface area (Å²) < 4.78 is 0.